The minimum Gasteiger partial charge on any atom is -0.496 e. The van der Waals surface area contributed by atoms with Crippen molar-refractivity contribution < 1.29 is 24.1 Å². The van der Waals surface area contributed by atoms with Crippen molar-refractivity contribution in [1.29, 1.82) is 0 Å². The highest BCUT2D eigenvalue weighted by molar-refractivity contribution is 7.99. The number of nitrogens with one attached hydrogen (secondary N) is 1. The van der Waals surface area contributed by atoms with Gasteiger partial charge in [0.1, 0.15) is 11.4 Å². The zero-order valence-electron chi connectivity index (χ0n) is 27.6. The van der Waals surface area contributed by atoms with Crippen molar-refractivity contribution >= 4 is 28.7 Å². The molecule has 6 aromatic rings. The zero-order chi connectivity index (χ0) is 34.3. The Morgan fingerprint density at radius 1 is 0.840 bits per heavy atom. The highest BCUT2D eigenvalue weighted by Gasteiger charge is 2.32. The molecule has 5 aromatic carbocycles. The summed E-state index contributed by atoms with van der Waals surface area (Å²) in [6.45, 7) is 0.359. The van der Waals surface area contributed by atoms with Crippen LogP contribution in [0.15, 0.2) is 132 Å². The van der Waals surface area contributed by atoms with Gasteiger partial charge < -0.3 is 24.6 Å². The van der Waals surface area contributed by atoms with Crippen LogP contribution in [0, 0.1) is 0 Å². The fourth-order valence-corrected chi connectivity index (χ4v) is 7.03. The largest absolute Gasteiger partial charge is 0.496 e. The number of nitrogens with zero attached hydrogens (tertiary/aromatic N) is 2. The van der Waals surface area contributed by atoms with E-state index in [1.165, 1.54) is 6.20 Å². The molecule has 1 amide bonds. The standard InChI is InChI=1S/C41H37N3O5S/c1-47-37-11-4-5-12-39(37)50-26-33-22-38(30-15-13-27(25-45)14-16-30)49-41(48-33)31-19-17-29(18-20-31)32-8-6-7-28(21-32)23-43-40(46)36-24-42-34-9-2-3-10-35(34)44-36/h2-21,24,33,38,41,45H,22-23,25-26H2,1H3,(H,43,46). The molecule has 0 bridgehead atoms. The smallest absolute Gasteiger partial charge is 0.271 e. The van der Waals surface area contributed by atoms with Crippen LogP contribution in [-0.4, -0.2) is 39.9 Å². The van der Waals surface area contributed by atoms with Crippen molar-refractivity contribution in [3.05, 3.63) is 155 Å². The summed E-state index contributed by atoms with van der Waals surface area (Å²) in [6.07, 6.45) is 1.41. The summed E-state index contributed by atoms with van der Waals surface area (Å²) in [7, 11) is 1.69. The van der Waals surface area contributed by atoms with Gasteiger partial charge in [0, 0.05) is 29.2 Å². The summed E-state index contributed by atoms with van der Waals surface area (Å²) in [5.41, 5.74) is 7.61. The highest BCUT2D eigenvalue weighted by atomic mass is 32.2. The van der Waals surface area contributed by atoms with E-state index in [0.29, 0.717) is 18.5 Å². The lowest BCUT2D eigenvalue weighted by atomic mass is 9.99. The van der Waals surface area contributed by atoms with Crippen LogP contribution in [0.25, 0.3) is 22.2 Å². The summed E-state index contributed by atoms with van der Waals surface area (Å²) < 4.78 is 18.7. The molecule has 9 heteroatoms. The summed E-state index contributed by atoms with van der Waals surface area (Å²) in [5.74, 6) is 1.31. The molecule has 2 heterocycles. The van der Waals surface area contributed by atoms with Crippen LogP contribution in [0.1, 0.15) is 51.6 Å². The molecule has 0 aliphatic carbocycles. The number of amides is 1. The molecule has 1 aromatic heterocycles. The van der Waals surface area contributed by atoms with Crippen molar-refractivity contribution in [2.75, 3.05) is 12.9 Å². The van der Waals surface area contributed by atoms with E-state index in [1.54, 1.807) is 18.9 Å². The van der Waals surface area contributed by atoms with Gasteiger partial charge in [-0.3, -0.25) is 9.78 Å². The minimum absolute atomic E-state index is 0.000121. The Morgan fingerprint density at radius 2 is 1.60 bits per heavy atom. The summed E-state index contributed by atoms with van der Waals surface area (Å²) >= 11 is 1.71. The van der Waals surface area contributed by atoms with E-state index in [0.717, 1.165) is 55.3 Å². The molecule has 1 aliphatic rings. The lowest BCUT2D eigenvalue weighted by Crippen LogP contribution is -2.31. The van der Waals surface area contributed by atoms with Crippen LogP contribution < -0.4 is 10.1 Å². The molecule has 1 saturated heterocycles. The number of benzene rings is 5. The van der Waals surface area contributed by atoms with Crippen LogP contribution in [0.4, 0.5) is 0 Å². The molecule has 252 valence electrons. The Bertz CT molecular complexity index is 2070. The maximum Gasteiger partial charge on any atom is 0.271 e. The molecule has 0 saturated carbocycles. The van der Waals surface area contributed by atoms with Gasteiger partial charge in [0.15, 0.2) is 6.29 Å². The Hall–Kier alpha value is -5.06. The van der Waals surface area contributed by atoms with Crippen LogP contribution in [0.3, 0.4) is 0 Å². The van der Waals surface area contributed by atoms with Gasteiger partial charge >= 0.3 is 0 Å². The van der Waals surface area contributed by atoms with Gasteiger partial charge in [0.2, 0.25) is 0 Å². The van der Waals surface area contributed by atoms with E-state index in [2.05, 4.69) is 57.7 Å². The first-order chi connectivity index (χ1) is 24.6. The number of rotatable bonds is 11. The SMILES string of the molecule is COc1ccccc1SCC1CC(c2ccc(CO)cc2)OC(c2ccc(-c3cccc(CNC(=O)c4cnc5ccccc5n4)c3)cc2)O1. The lowest BCUT2D eigenvalue weighted by molar-refractivity contribution is -0.245. The molecule has 0 radical (unpaired) electrons. The molecule has 50 heavy (non-hydrogen) atoms. The zero-order valence-corrected chi connectivity index (χ0v) is 28.4. The number of fused-ring (bicyclic) bond motifs is 1. The van der Waals surface area contributed by atoms with Gasteiger partial charge in [-0.2, -0.15) is 0 Å². The number of hydrogen-bond donors (Lipinski definition) is 2. The second kappa shape index (κ2) is 15.7. The van der Waals surface area contributed by atoms with Crippen LogP contribution in [0.2, 0.25) is 0 Å². The van der Waals surface area contributed by atoms with Crippen molar-refractivity contribution in [3.63, 3.8) is 0 Å². The van der Waals surface area contributed by atoms with Crippen LogP contribution in [-0.2, 0) is 22.6 Å². The predicted octanol–water partition coefficient (Wildman–Crippen LogP) is 8.07. The number of carbonyl (C=O) groups is 1. The monoisotopic (exact) mass is 683 g/mol. The van der Waals surface area contributed by atoms with Crippen molar-refractivity contribution in [1.82, 2.24) is 15.3 Å². The summed E-state index contributed by atoms with van der Waals surface area (Å²) in [4.78, 5) is 22.7. The maximum atomic E-state index is 12.9. The molecule has 0 spiro atoms. The maximum absolute atomic E-state index is 12.9. The molecular formula is C41H37N3O5S. The third-order valence-electron chi connectivity index (χ3n) is 8.69. The topological polar surface area (TPSA) is 103 Å². The Morgan fingerprint density at radius 3 is 2.40 bits per heavy atom. The fraction of sp³-hybridized carbons (Fsp3) is 0.195. The predicted molar refractivity (Wildman–Crippen MR) is 195 cm³/mol. The third-order valence-corrected chi connectivity index (χ3v) is 9.87. The van der Waals surface area contributed by atoms with Gasteiger partial charge in [-0.05, 0) is 58.1 Å². The Kier molecular flexibility index (Phi) is 10.5. The Labute approximate surface area is 295 Å². The van der Waals surface area contributed by atoms with Gasteiger partial charge in [-0.1, -0.05) is 91.0 Å². The molecule has 3 unspecified atom stereocenters. The third kappa shape index (κ3) is 7.87. The number of methoxy groups -OCH3 is 1. The van der Waals surface area contributed by atoms with E-state index in [1.807, 2.05) is 78.9 Å². The van der Waals surface area contributed by atoms with E-state index < -0.39 is 6.29 Å². The van der Waals surface area contributed by atoms with Crippen molar-refractivity contribution in [2.45, 2.75) is 43.0 Å². The number of thioether (sulfide) groups is 1. The number of hydrogen-bond acceptors (Lipinski definition) is 8. The number of aliphatic hydroxyl groups is 1. The summed E-state index contributed by atoms with van der Waals surface area (Å²) in [5, 5.41) is 12.5. The normalized spacial score (nSPS) is 17.4. The number of carbonyl (C=O) groups excluding carboxylic acids is 1. The highest BCUT2D eigenvalue weighted by Crippen LogP contribution is 2.40. The van der Waals surface area contributed by atoms with E-state index >= 15 is 0 Å². The van der Waals surface area contributed by atoms with Crippen molar-refractivity contribution in [3.8, 4) is 16.9 Å². The number of para-hydroxylation sites is 3. The molecule has 8 nitrogen and oxygen atoms in total. The van der Waals surface area contributed by atoms with E-state index in [9.17, 15) is 9.90 Å². The van der Waals surface area contributed by atoms with Gasteiger partial charge in [-0.15, -0.1) is 11.8 Å². The molecule has 2 N–H and O–H groups in total. The first-order valence-electron chi connectivity index (χ1n) is 16.5. The average molecular weight is 684 g/mol. The first kappa shape index (κ1) is 33.4. The molecule has 7 rings (SSSR count). The lowest BCUT2D eigenvalue weighted by Gasteiger charge is -2.36. The second-order valence-corrected chi connectivity index (χ2v) is 13.1. The minimum atomic E-state index is -0.552. The number of aliphatic hydroxyl groups excluding tert-OH is 1. The van der Waals surface area contributed by atoms with Gasteiger partial charge in [-0.25, -0.2) is 4.98 Å². The first-order valence-corrected chi connectivity index (χ1v) is 17.5. The van der Waals surface area contributed by atoms with E-state index in [4.69, 9.17) is 14.2 Å². The number of aromatic nitrogens is 2. The van der Waals surface area contributed by atoms with E-state index in [-0.39, 0.29) is 30.4 Å². The fourth-order valence-electron chi connectivity index (χ4n) is 5.98. The van der Waals surface area contributed by atoms with Crippen molar-refractivity contribution in [2.24, 2.45) is 0 Å². The van der Waals surface area contributed by atoms with Crippen LogP contribution >= 0.6 is 11.8 Å². The molecule has 3 atom stereocenters. The second-order valence-electron chi connectivity index (χ2n) is 12.1. The average Bonchev–Trinajstić information content (AvgIpc) is 3.19. The molecule has 1 fully saturated rings. The molecule has 1 aliphatic heterocycles. The Balaban J connectivity index is 1.04. The van der Waals surface area contributed by atoms with Gasteiger partial charge in [0.05, 0.1) is 43.2 Å². The number of ether oxygens (including phenoxy) is 3. The quantitative estimate of drug-likeness (QED) is 0.132. The van der Waals surface area contributed by atoms with Gasteiger partial charge in [0.25, 0.3) is 5.91 Å². The van der Waals surface area contributed by atoms with Crippen LogP contribution in [0.5, 0.6) is 5.75 Å². The summed E-state index contributed by atoms with van der Waals surface area (Å²) in [6, 6.07) is 39.8. The molecular weight excluding hydrogens is 647 g/mol.